The molecular formula is C22H19N7O3. The normalized spacial score (nSPS) is 10.4. The van der Waals surface area contributed by atoms with Crippen LogP contribution in [0.15, 0.2) is 77.7 Å². The van der Waals surface area contributed by atoms with Crippen molar-refractivity contribution in [2.24, 2.45) is 0 Å². The molecule has 0 spiro atoms. The van der Waals surface area contributed by atoms with E-state index in [9.17, 15) is 14.4 Å². The van der Waals surface area contributed by atoms with Crippen LogP contribution in [0.2, 0.25) is 0 Å². The van der Waals surface area contributed by atoms with Crippen LogP contribution in [0.5, 0.6) is 0 Å². The van der Waals surface area contributed by atoms with Crippen molar-refractivity contribution in [2.75, 3.05) is 16.0 Å². The number of aromatic amines is 1. The minimum absolute atomic E-state index is 0.331. The number of urea groups is 1. The van der Waals surface area contributed by atoms with Crippen LogP contribution in [-0.2, 0) is 0 Å². The molecule has 4 aromatic rings. The van der Waals surface area contributed by atoms with Crippen molar-refractivity contribution in [3.63, 3.8) is 0 Å². The Kier molecular flexibility index (Phi) is 5.75. The summed E-state index contributed by atoms with van der Waals surface area (Å²) in [6.45, 7) is 1.72. The molecule has 0 bridgehead atoms. The first kappa shape index (κ1) is 20.5. The molecule has 0 aliphatic heterocycles. The summed E-state index contributed by atoms with van der Waals surface area (Å²) >= 11 is 0. The first-order valence-electron chi connectivity index (χ1n) is 9.65. The average Bonchev–Trinajstić information content (AvgIpc) is 3.16. The number of hydrogen-bond acceptors (Lipinski definition) is 5. The van der Waals surface area contributed by atoms with Crippen molar-refractivity contribution >= 4 is 29.0 Å². The molecule has 0 atom stereocenters. The van der Waals surface area contributed by atoms with Crippen molar-refractivity contribution in [3.8, 4) is 5.82 Å². The van der Waals surface area contributed by atoms with E-state index in [1.54, 1.807) is 43.3 Å². The Labute approximate surface area is 182 Å². The van der Waals surface area contributed by atoms with Gasteiger partial charge in [0.15, 0.2) is 5.82 Å². The molecule has 2 aromatic carbocycles. The molecule has 4 rings (SSSR count). The summed E-state index contributed by atoms with van der Waals surface area (Å²) in [7, 11) is 0. The molecule has 0 aliphatic rings. The number of rotatable bonds is 5. The highest BCUT2D eigenvalue weighted by molar-refractivity contribution is 6.05. The summed E-state index contributed by atoms with van der Waals surface area (Å²) in [5, 5.41) is 18.7. The summed E-state index contributed by atoms with van der Waals surface area (Å²) in [6.07, 6.45) is 1.42. The van der Waals surface area contributed by atoms with Crippen LogP contribution in [0.3, 0.4) is 0 Å². The number of para-hydroxylation sites is 1. The summed E-state index contributed by atoms with van der Waals surface area (Å²) in [5.41, 5.74) is 2.25. The number of nitrogens with zero attached hydrogens (tertiary/aromatic N) is 3. The number of aromatic nitrogens is 4. The highest BCUT2D eigenvalue weighted by Gasteiger charge is 2.16. The van der Waals surface area contributed by atoms with E-state index in [4.69, 9.17) is 0 Å². The first-order chi connectivity index (χ1) is 15.5. The van der Waals surface area contributed by atoms with Gasteiger partial charge in [-0.25, -0.2) is 14.6 Å². The summed E-state index contributed by atoms with van der Waals surface area (Å²) < 4.78 is 1.46. The van der Waals surface area contributed by atoms with Gasteiger partial charge in [-0.05, 0) is 43.3 Å². The third kappa shape index (κ3) is 4.70. The number of nitrogens with one attached hydrogen (secondary N) is 4. The molecule has 0 aliphatic carbocycles. The third-order valence-electron chi connectivity index (χ3n) is 4.55. The Hall–Kier alpha value is -4.73. The zero-order chi connectivity index (χ0) is 22.5. The van der Waals surface area contributed by atoms with Gasteiger partial charge in [-0.3, -0.25) is 9.59 Å². The zero-order valence-corrected chi connectivity index (χ0v) is 17.0. The molecule has 0 unspecified atom stereocenters. The second-order valence-corrected chi connectivity index (χ2v) is 6.81. The van der Waals surface area contributed by atoms with Gasteiger partial charge in [0.1, 0.15) is 0 Å². The van der Waals surface area contributed by atoms with Crippen molar-refractivity contribution < 1.29 is 9.59 Å². The van der Waals surface area contributed by atoms with Crippen molar-refractivity contribution in [2.45, 2.75) is 6.92 Å². The zero-order valence-electron chi connectivity index (χ0n) is 17.0. The maximum Gasteiger partial charge on any atom is 0.323 e. The topological polar surface area (TPSA) is 134 Å². The van der Waals surface area contributed by atoms with Gasteiger partial charge in [-0.2, -0.15) is 10.2 Å². The molecule has 0 radical (unpaired) electrons. The van der Waals surface area contributed by atoms with Gasteiger partial charge in [-0.1, -0.05) is 24.3 Å². The summed E-state index contributed by atoms with van der Waals surface area (Å²) in [5.74, 6) is 0.0147. The van der Waals surface area contributed by atoms with E-state index in [0.29, 0.717) is 34.1 Å². The molecule has 160 valence electrons. The maximum atomic E-state index is 12.8. The Morgan fingerprint density at radius 2 is 1.56 bits per heavy atom. The Morgan fingerprint density at radius 1 is 0.875 bits per heavy atom. The average molecular weight is 429 g/mol. The molecule has 10 nitrogen and oxygen atoms in total. The van der Waals surface area contributed by atoms with E-state index in [-0.39, 0.29) is 11.5 Å². The molecule has 4 N–H and O–H groups in total. The fourth-order valence-corrected chi connectivity index (χ4v) is 3.01. The molecule has 2 aromatic heterocycles. The van der Waals surface area contributed by atoms with Crippen LogP contribution in [0, 0.1) is 6.92 Å². The van der Waals surface area contributed by atoms with Gasteiger partial charge in [-0.15, -0.1) is 0 Å². The lowest BCUT2D eigenvalue weighted by Gasteiger charge is -2.10. The standard InChI is InChI=1S/C22H19N7O3/c1-14-18(13-23-29(14)19-10-11-20(30)28-27-19)21(31)24-16-8-5-9-17(12-16)26-22(32)25-15-6-3-2-4-7-15/h2-13H,1H3,(H,24,31)(H,28,30)(H2,25,26,32). The number of amides is 3. The fraction of sp³-hybridized carbons (Fsp3) is 0.0455. The van der Waals surface area contributed by atoms with Gasteiger partial charge >= 0.3 is 6.03 Å². The van der Waals surface area contributed by atoms with Crippen LogP contribution in [0.4, 0.5) is 21.9 Å². The first-order valence-corrected chi connectivity index (χ1v) is 9.65. The van der Waals surface area contributed by atoms with Gasteiger partial charge in [0, 0.05) is 23.1 Å². The van der Waals surface area contributed by atoms with Crippen molar-refractivity contribution in [1.82, 2.24) is 20.0 Å². The molecule has 0 saturated heterocycles. The van der Waals surface area contributed by atoms with Gasteiger partial charge < -0.3 is 16.0 Å². The minimum Gasteiger partial charge on any atom is -0.322 e. The quantitative estimate of drug-likeness (QED) is 0.387. The monoisotopic (exact) mass is 429 g/mol. The van der Waals surface area contributed by atoms with E-state index in [1.807, 2.05) is 18.2 Å². The number of benzene rings is 2. The second kappa shape index (κ2) is 8.96. The predicted octanol–water partition coefficient (Wildman–Crippen LogP) is 3.16. The van der Waals surface area contributed by atoms with Gasteiger partial charge in [0.25, 0.3) is 11.5 Å². The van der Waals surface area contributed by atoms with Crippen LogP contribution in [0.25, 0.3) is 5.82 Å². The Bertz CT molecular complexity index is 1310. The molecule has 2 heterocycles. The Balaban J connectivity index is 1.44. The van der Waals surface area contributed by atoms with E-state index in [0.717, 1.165) is 0 Å². The highest BCUT2D eigenvalue weighted by atomic mass is 16.2. The van der Waals surface area contributed by atoms with Crippen LogP contribution < -0.4 is 21.5 Å². The second-order valence-electron chi connectivity index (χ2n) is 6.81. The SMILES string of the molecule is Cc1c(C(=O)Nc2cccc(NC(=O)Nc3ccccc3)c2)cnn1-c1ccc(=O)[nH]n1. The number of hydrogen-bond donors (Lipinski definition) is 4. The molecular weight excluding hydrogens is 410 g/mol. The lowest BCUT2D eigenvalue weighted by atomic mass is 10.2. The fourth-order valence-electron chi connectivity index (χ4n) is 3.01. The van der Waals surface area contributed by atoms with Crippen LogP contribution >= 0.6 is 0 Å². The predicted molar refractivity (Wildman–Crippen MR) is 120 cm³/mol. The number of carbonyl (C=O) groups is 2. The smallest absolute Gasteiger partial charge is 0.322 e. The molecule has 32 heavy (non-hydrogen) atoms. The maximum absolute atomic E-state index is 12.8. The van der Waals surface area contributed by atoms with Gasteiger partial charge in [0.05, 0.1) is 17.5 Å². The van der Waals surface area contributed by atoms with Crippen molar-refractivity contribution in [3.05, 3.63) is 94.5 Å². The molecule has 0 saturated carbocycles. The van der Waals surface area contributed by atoms with Crippen LogP contribution in [0.1, 0.15) is 16.1 Å². The summed E-state index contributed by atoms with van der Waals surface area (Å²) in [6, 6.07) is 18.3. The lowest BCUT2D eigenvalue weighted by molar-refractivity contribution is 0.102. The van der Waals surface area contributed by atoms with E-state index >= 15 is 0 Å². The molecule has 10 heteroatoms. The van der Waals surface area contributed by atoms with E-state index in [1.165, 1.54) is 23.0 Å². The van der Waals surface area contributed by atoms with E-state index in [2.05, 4.69) is 31.2 Å². The van der Waals surface area contributed by atoms with E-state index < -0.39 is 6.03 Å². The largest absolute Gasteiger partial charge is 0.323 e. The number of H-pyrrole nitrogens is 1. The van der Waals surface area contributed by atoms with Gasteiger partial charge in [0.2, 0.25) is 0 Å². The summed E-state index contributed by atoms with van der Waals surface area (Å²) in [4.78, 5) is 36.2. The highest BCUT2D eigenvalue weighted by Crippen LogP contribution is 2.18. The molecule has 0 fully saturated rings. The number of carbonyl (C=O) groups excluding carboxylic acids is 2. The Morgan fingerprint density at radius 3 is 2.28 bits per heavy atom. The third-order valence-corrected chi connectivity index (χ3v) is 4.55. The number of anilines is 3. The van der Waals surface area contributed by atoms with Crippen LogP contribution in [-0.4, -0.2) is 31.9 Å². The lowest BCUT2D eigenvalue weighted by Crippen LogP contribution is -2.19. The van der Waals surface area contributed by atoms with Crippen molar-refractivity contribution in [1.29, 1.82) is 0 Å². The molecule has 3 amide bonds. The minimum atomic E-state index is -0.398.